The highest BCUT2D eigenvalue weighted by molar-refractivity contribution is 7.99. The number of fused-ring (bicyclic) bond motifs is 3. The van der Waals surface area contributed by atoms with E-state index in [2.05, 4.69) is 6.92 Å². The van der Waals surface area contributed by atoms with Gasteiger partial charge in [0.05, 0.1) is 17.7 Å². The van der Waals surface area contributed by atoms with E-state index in [0.717, 1.165) is 58.2 Å². The van der Waals surface area contributed by atoms with E-state index < -0.39 is 0 Å². The number of hydrogen-bond acceptors (Lipinski definition) is 5. The molecule has 3 aromatic rings. The predicted molar refractivity (Wildman–Crippen MR) is 133 cm³/mol. The van der Waals surface area contributed by atoms with Gasteiger partial charge in [0.15, 0.2) is 5.16 Å². The highest BCUT2D eigenvalue weighted by Gasteiger charge is 2.22. The van der Waals surface area contributed by atoms with Crippen molar-refractivity contribution >= 4 is 33.3 Å². The summed E-state index contributed by atoms with van der Waals surface area (Å²) in [5.41, 5.74) is 2.20. The van der Waals surface area contributed by atoms with Crippen molar-refractivity contribution in [1.82, 2.24) is 9.55 Å². The lowest BCUT2D eigenvalue weighted by atomic mass is 9.97. The summed E-state index contributed by atoms with van der Waals surface area (Å²) >= 11 is 3.45. The lowest BCUT2D eigenvalue weighted by Crippen LogP contribution is -2.22. The van der Waals surface area contributed by atoms with Gasteiger partial charge in [-0.2, -0.15) is 0 Å². The van der Waals surface area contributed by atoms with Crippen molar-refractivity contribution in [2.24, 2.45) is 0 Å². The van der Waals surface area contributed by atoms with Gasteiger partial charge in [-0.3, -0.25) is 9.36 Å². The zero-order chi connectivity index (χ0) is 21.6. The first-order chi connectivity index (χ1) is 15.2. The quantitative estimate of drug-likeness (QED) is 0.191. The molecule has 4 nitrogen and oxygen atoms in total. The van der Waals surface area contributed by atoms with Crippen molar-refractivity contribution in [3.63, 3.8) is 0 Å². The van der Waals surface area contributed by atoms with E-state index in [9.17, 15) is 4.79 Å². The fourth-order valence-electron chi connectivity index (χ4n) is 4.24. The van der Waals surface area contributed by atoms with E-state index in [-0.39, 0.29) is 5.56 Å². The Balaban J connectivity index is 1.71. The van der Waals surface area contributed by atoms with E-state index in [1.54, 1.807) is 23.1 Å². The van der Waals surface area contributed by atoms with Crippen LogP contribution < -0.4 is 10.3 Å². The number of aromatic nitrogens is 2. The van der Waals surface area contributed by atoms with E-state index in [4.69, 9.17) is 9.72 Å². The van der Waals surface area contributed by atoms with Crippen LogP contribution in [0.2, 0.25) is 0 Å². The number of nitrogens with zero attached hydrogens (tertiary/aromatic N) is 2. The zero-order valence-corrected chi connectivity index (χ0v) is 20.2. The second-order valence-corrected chi connectivity index (χ2v) is 10.3. The second kappa shape index (κ2) is 10.7. The molecular weight excluding hydrogens is 424 g/mol. The summed E-state index contributed by atoms with van der Waals surface area (Å²) in [4.78, 5) is 21.1. The number of rotatable bonds is 10. The molecular formula is C25H32N2O2S2. The lowest BCUT2D eigenvalue weighted by Gasteiger charge is -2.14. The summed E-state index contributed by atoms with van der Waals surface area (Å²) in [6.07, 6.45) is 10.7. The molecule has 0 radical (unpaired) electrons. The first kappa shape index (κ1) is 22.4. The van der Waals surface area contributed by atoms with E-state index in [1.807, 2.05) is 35.8 Å². The molecule has 4 rings (SSSR count). The van der Waals surface area contributed by atoms with Crippen LogP contribution in [0.4, 0.5) is 0 Å². The topological polar surface area (TPSA) is 44.1 Å². The molecule has 2 aromatic heterocycles. The van der Waals surface area contributed by atoms with Gasteiger partial charge in [-0.05, 0) is 68.9 Å². The molecule has 6 heteroatoms. The zero-order valence-electron chi connectivity index (χ0n) is 18.6. The molecule has 31 heavy (non-hydrogen) atoms. The molecule has 0 atom stereocenters. The molecule has 1 aliphatic rings. The number of ether oxygens (including phenoxy) is 1. The fourth-order valence-corrected chi connectivity index (χ4v) is 6.55. The van der Waals surface area contributed by atoms with Crippen LogP contribution in [-0.4, -0.2) is 21.9 Å². The van der Waals surface area contributed by atoms with Crippen molar-refractivity contribution < 1.29 is 4.74 Å². The number of aryl methyl sites for hydroxylation is 2. The smallest absolute Gasteiger partial charge is 0.267 e. The van der Waals surface area contributed by atoms with Crippen LogP contribution in [0.3, 0.4) is 0 Å². The van der Waals surface area contributed by atoms with Crippen molar-refractivity contribution in [2.75, 3.05) is 12.4 Å². The van der Waals surface area contributed by atoms with Crippen molar-refractivity contribution in [3.05, 3.63) is 45.1 Å². The number of thioether (sulfide) groups is 1. The molecule has 0 aliphatic heterocycles. The lowest BCUT2D eigenvalue weighted by molar-refractivity contribution is 0.340. The molecule has 0 saturated heterocycles. The van der Waals surface area contributed by atoms with Gasteiger partial charge in [0.2, 0.25) is 0 Å². The summed E-state index contributed by atoms with van der Waals surface area (Å²) in [6, 6.07) is 7.84. The Labute approximate surface area is 193 Å². The third-order valence-electron chi connectivity index (χ3n) is 5.84. The van der Waals surface area contributed by atoms with Gasteiger partial charge in [0.25, 0.3) is 5.56 Å². The third-order valence-corrected chi connectivity index (χ3v) is 8.05. The fraction of sp³-hybridized carbons (Fsp3) is 0.520. The third kappa shape index (κ3) is 5.01. The predicted octanol–water partition coefficient (Wildman–Crippen LogP) is 6.79. The monoisotopic (exact) mass is 456 g/mol. The Bertz CT molecular complexity index is 1070. The molecule has 0 amide bonds. The van der Waals surface area contributed by atoms with E-state index in [0.29, 0.717) is 6.61 Å². The van der Waals surface area contributed by atoms with Gasteiger partial charge in [-0.25, -0.2) is 4.98 Å². The number of thiophene rings is 1. The van der Waals surface area contributed by atoms with Crippen LogP contribution in [0.1, 0.15) is 69.2 Å². The average Bonchev–Trinajstić information content (AvgIpc) is 3.16. The van der Waals surface area contributed by atoms with Crippen LogP contribution in [-0.2, 0) is 12.8 Å². The van der Waals surface area contributed by atoms with E-state index in [1.165, 1.54) is 42.5 Å². The van der Waals surface area contributed by atoms with Crippen LogP contribution in [0.5, 0.6) is 5.75 Å². The maximum atomic E-state index is 13.8. The van der Waals surface area contributed by atoms with Crippen molar-refractivity contribution in [2.45, 2.75) is 76.8 Å². The van der Waals surface area contributed by atoms with Gasteiger partial charge in [0, 0.05) is 10.6 Å². The van der Waals surface area contributed by atoms with Gasteiger partial charge < -0.3 is 4.74 Å². The minimum Gasteiger partial charge on any atom is -0.494 e. The first-order valence-corrected chi connectivity index (χ1v) is 13.5. The highest BCUT2D eigenvalue weighted by atomic mass is 32.2. The SMILES string of the molecule is CCCCCCCSc1nc2sc3c(c2c(=O)n1-c1ccc(OCC)cc1)CCCC3. The normalized spacial score (nSPS) is 13.5. The summed E-state index contributed by atoms with van der Waals surface area (Å²) in [6.45, 7) is 4.85. The number of benzene rings is 1. The highest BCUT2D eigenvalue weighted by Crippen LogP contribution is 2.35. The van der Waals surface area contributed by atoms with Crippen LogP contribution in [0.25, 0.3) is 15.9 Å². The summed E-state index contributed by atoms with van der Waals surface area (Å²) in [5.74, 6) is 1.82. The maximum Gasteiger partial charge on any atom is 0.267 e. The largest absolute Gasteiger partial charge is 0.494 e. The molecule has 0 unspecified atom stereocenters. The molecule has 1 aliphatic carbocycles. The molecule has 2 heterocycles. The minimum absolute atomic E-state index is 0.0852. The molecule has 0 fully saturated rings. The standard InChI is InChI=1S/C25H32N2O2S2/c1-3-5-6-7-10-17-30-25-26-23-22(20-11-8-9-12-21(20)31-23)24(28)27(25)18-13-15-19(16-14-18)29-4-2/h13-16H,3-12,17H2,1-2H3. The van der Waals surface area contributed by atoms with Gasteiger partial charge >= 0.3 is 0 Å². The molecule has 0 bridgehead atoms. The Hall–Kier alpha value is -1.79. The Morgan fingerprint density at radius 3 is 2.61 bits per heavy atom. The molecule has 166 valence electrons. The first-order valence-electron chi connectivity index (χ1n) is 11.7. The Kier molecular flexibility index (Phi) is 7.72. The summed E-state index contributed by atoms with van der Waals surface area (Å²) in [7, 11) is 0. The van der Waals surface area contributed by atoms with E-state index >= 15 is 0 Å². The van der Waals surface area contributed by atoms with Crippen molar-refractivity contribution in [1.29, 1.82) is 0 Å². The van der Waals surface area contributed by atoms with Crippen LogP contribution in [0, 0.1) is 0 Å². The second-order valence-electron chi connectivity index (χ2n) is 8.12. The molecule has 0 spiro atoms. The summed E-state index contributed by atoms with van der Waals surface area (Å²) in [5, 5.41) is 1.66. The van der Waals surface area contributed by atoms with Crippen molar-refractivity contribution in [3.8, 4) is 11.4 Å². The molecule has 1 aromatic carbocycles. The average molecular weight is 457 g/mol. The Morgan fingerprint density at radius 1 is 1.06 bits per heavy atom. The Morgan fingerprint density at radius 2 is 1.84 bits per heavy atom. The van der Waals surface area contributed by atoms with Gasteiger partial charge in [-0.1, -0.05) is 44.4 Å². The summed E-state index contributed by atoms with van der Waals surface area (Å²) < 4.78 is 7.42. The minimum atomic E-state index is 0.0852. The number of unbranched alkanes of at least 4 members (excludes halogenated alkanes) is 4. The van der Waals surface area contributed by atoms with Gasteiger partial charge in [0.1, 0.15) is 10.6 Å². The molecule has 0 saturated carbocycles. The molecule has 0 N–H and O–H groups in total. The van der Waals surface area contributed by atoms with Gasteiger partial charge in [-0.15, -0.1) is 11.3 Å². The number of hydrogen-bond donors (Lipinski definition) is 0. The van der Waals surface area contributed by atoms with Crippen LogP contribution in [0.15, 0.2) is 34.2 Å². The maximum absolute atomic E-state index is 13.8. The van der Waals surface area contributed by atoms with Crippen LogP contribution >= 0.6 is 23.1 Å².